The van der Waals surface area contributed by atoms with E-state index in [9.17, 15) is 0 Å². The van der Waals surface area contributed by atoms with Crippen LogP contribution in [0.5, 0.6) is 0 Å². The third-order valence-corrected chi connectivity index (χ3v) is 3.63. The fourth-order valence-corrected chi connectivity index (χ4v) is 2.37. The first-order chi connectivity index (χ1) is 8.69. The molecule has 2 heterocycles. The van der Waals surface area contributed by atoms with Crippen molar-refractivity contribution in [2.45, 2.75) is 19.4 Å². The first-order valence-electron chi connectivity index (χ1n) is 6.52. The first kappa shape index (κ1) is 13.2. The highest BCUT2D eigenvalue weighted by Gasteiger charge is 2.18. The minimum absolute atomic E-state index is 0.0496. The molecule has 1 N–H and O–H groups in total. The lowest BCUT2D eigenvalue weighted by atomic mass is 9.97. The fraction of sp³-hybridized carbons (Fsp3) is 0.692. The van der Waals surface area contributed by atoms with Crippen LogP contribution in [0.3, 0.4) is 0 Å². The first-order valence-corrected chi connectivity index (χ1v) is 6.52. The van der Waals surface area contributed by atoms with Gasteiger partial charge in [-0.25, -0.2) is 0 Å². The summed E-state index contributed by atoms with van der Waals surface area (Å²) in [6.45, 7) is 3.36. The highest BCUT2D eigenvalue weighted by Crippen LogP contribution is 2.19. The highest BCUT2D eigenvalue weighted by molar-refractivity contribution is 5.36. The van der Waals surface area contributed by atoms with Gasteiger partial charge in [0.2, 0.25) is 0 Å². The Morgan fingerprint density at radius 2 is 2.06 bits per heavy atom. The monoisotopic (exact) mass is 250 g/mol. The number of rotatable bonds is 4. The van der Waals surface area contributed by atoms with Crippen LogP contribution in [0.1, 0.15) is 18.5 Å². The minimum Gasteiger partial charge on any atom is -0.390 e. The molecule has 1 aliphatic heterocycles. The molecule has 1 aromatic heterocycles. The topological polar surface area (TPSA) is 52.5 Å². The number of aromatic nitrogens is 2. The Morgan fingerprint density at radius 3 is 2.61 bits per heavy atom. The van der Waals surface area contributed by atoms with Crippen molar-refractivity contribution in [1.29, 1.82) is 0 Å². The molecule has 0 spiro atoms. The van der Waals surface area contributed by atoms with Gasteiger partial charge in [-0.05, 0) is 51.0 Å². The largest absolute Gasteiger partial charge is 0.390 e. The SMILES string of the molecule is CN1CCC(CN(C)c2ccc(CO)nn2)CC1. The Bertz CT molecular complexity index is 360. The van der Waals surface area contributed by atoms with Crippen molar-refractivity contribution in [2.75, 3.05) is 38.6 Å². The zero-order valence-corrected chi connectivity index (χ0v) is 11.2. The van der Waals surface area contributed by atoms with Crippen molar-refractivity contribution in [3.63, 3.8) is 0 Å². The van der Waals surface area contributed by atoms with E-state index in [4.69, 9.17) is 5.11 Å². The second-order valence-electron chi connectivity index (χ2n) is 5.17. The van der Waals surface area contributed by atoms with Gasteiger partial charge in [0.1, 0.15) is 0 Å². The van der Waals surface area contributed by atoms with Crippen LogP contribution in [0.4, 0.5) is 5.82 Å². The molecule has 0 bridgehead atoms. The van der Waals surface area contributed by atoms with Crippen molar-refractivity contribution in [2.24, 2.45) is 5.92 Å². The summed E-state index contributed by atoms with van der Waals surface area (Å²) >= 11 is 0. The molecule has 0 saturated carbocycles. The third-order valence-electron chi connectivity index (χ3n) is 3.63. The molecule has 18 heavy (non-hydrogen) atoms. The normalized spacial score (nSPS) is 17.9. The van der Waals surface area contributed by atoms with Crippen molar-refractivity contribution in [1.82, 2.24) is 15.1 Å². The van der Waals surface area contributed by atoms with E-state index in [1.54, 1.807) is 0 Å². The second kappa shape index (κ2) is 6.11. The van der Waals surface area contributed by atoms with Crippen LogP contribution in [-0.4, -0.2) is 53.9 Å². The van der Waals surface area contributed by atoms with Gasteiger partial charge in [0, 0.05) is 13.6 Å². The molecule has 100 valence electrons. The van der Waals surface area contributed by atoms with Gasteiger partial charge in [0.15, 0.2) is 5.82 Å². The Hall–Kier alpha value is -1.20. The molecular formula is C13H22N4O. The van der Waals surface area contributed by atoms with E-state index in [-0.39, 0.29) is 6.61 Å². The molecule has 0 unspecified atom stereocenters. The molecule has 5 heteroatoms. The van der Waals surface area contributed by atoms with Gasteiger partial charge in [-0.2, -0.15) is 5.10 Å². The van der Waals surface area contributed by atoms with Crippen LogP contribution in [-0.2, 0) is 6.61 Å². The van der Waals surface area contributed by atoms with Gasteiger partial charge < -0.3 is 14.9 Å². The summed E-state index contributed by atoms with van der Waals surface area (Å²) in [5, 5.41) is 17.0. The molecule has 1 saturated heterocycles. The smallest absolute Gasteiger partial charge is 0.150 e. The summed E-state index contributed by atoms with van der Waals surface area (Å²) in [6, 6.07) is 3.75. The summed E-state index contributed by atoms with van der Waals surface area (Å²) in [4.78, 5) is 4.54. The van der Waals surface area contributed by atoms with Gasteiger partial charge in [-0.15, -0.1) is 5.10 Å². The van der Waals surface area contributed by atoms with E-state index in [0.717, 1.165) is 18.3 Å². The number of hydrogen-bond acceptors (Lipinski definition) is 5. The molecule has 0 amide bonds. The Kier molecular flexibility index (Phi) is 4.49. The lowest BCUT2D eigenvalue weighted by molar-refractivity contribution is 0.222. The van der Waals surface area contributed by atoms with Crippen molar-refractivity contribution < 1.29 is 5.11 Å². The van der Waals surface area contributed by atoms with Gasteiger partial charge >= 0.3 is 0 Å². The number of aliphatic hydroxyl groups is 1. The molecule has 1 fully saturated rings. The van der Waals surface area contributed by atoms with E-state index in [1.807, 2.05) is 12.1 Å². The van der Waals surface area contributed by atoms with Gasteiger partial charge in [-0.1, -0.05) is 0 Å². The van der Waals surface area contributed by atoms with Crippen molar-refractivity contribution >= 4 is 5.82 Å². The predicted molar refractivity (Wildman–Crippen MR) is 71.4 cm³/mol. The van der Waals surface area contributed by atoms with Crippen molar-refractivity contribution in [3.05, 3.63) is 17.8 Å². The Morgan fingerprint density at radius 1 is 1.33 bits per heavy atom. The number of hydrogen-bond donors (Lipinski definition) is 1. The third kappa shape index (κ3) is 3.40. The number of aliphatic hydroxyl groups excluding tert-OH is 1. The van der Waals surface area contributed by atoms with E-state index in [2.05, 4.69) is 34.1 Å². The molecule has 0 aliphatic carbocycles. The van der Waals surface area contributed by atoms with Crippen LogP contribution in [0.2, 0.25) is 0 Å². The van der Waals surface area contributed by atoms with Gasteiger partial charge in [-0.3, -0.25) is 0 Å². The number of piperidine rings is 1. The Balaban J connectivity index is 1.88. The Labute approximate surface area is 108 Å². The number of anilines is 1. The number of nitrogens with zero attached hydrogens (tertiary/aromatic N) is 4. The standard InChI is InChI=1S/C13H22N4O/c1-16-7-5-11(6-8-16)9-17(2)13-4-3-12(10-18)14-15-13/h3-4,11,18H,5-10H2,1-2H3. The summed E-state index contributed by atoms with van der Waals surface area (Å²) in [7, 11) is 4.24. The van der Waals surface area contributed by atoms with E-state index < -0.39 is 0 Å². The van der Waals surface area contributed by atoms with Crippen LogP contribution in [0, 0.1) is 5.92 Å². The highest BCUT2D eigenvalue weighted by atomic mass is 16.3. The molecular weight excluding hydrogens is 228 g/mol. The maximum absolute atomic E-state index is 8.93. The van der Waals surface area contributed by atoms with E-state index in [1.165, 1.54) is 25.9 Å². The lowest BCUT2D eigenvalue weighted by Crippen LogP contribution is -2.36. The van der Waals surface area contributed by atoms with Crippen LogP contribution >= 0.6 is 0 Å². The second-order valence-corrected chi connectivity index (χ2v) is 5.17. The average Bonchev–Trinajstić information content (AvgIpc) is 2.41. The van der Waals surface area contributed by atoms with Gasteiger partial charge in [0.25, 0.3) is 0 Å². The summed E-state index contributed by atoms with van der Waals surface area (Å²) < 4.78 is 0. The summed E-state index contributed by atoms with van der Waals surface area (Å²) in [6.07, 6.45) is 2.51. The molecule has 2 rings (SSSR count). The zero-order chi connectivity index (χ0) is 13.0. The molecule has 1 aliphatic rings. The lowest BCUT2D eigenvalue weighted by Gasteiger charge is -2.31. The summed E-state index contributed by atoms with van der Waals surface area (Å²) in [5.41, 5.74) is 0.617. The average molecular weight is 250 g/mol. The minimum atomic E-state index is -0.0496. The quantitative estimate of drug-likeness (QED) is 0.854. The zero-order valence-electron chi connectivity index (χ0n) is 11.2. The van der Waals surface area contributed by atoms with E-state index in [0.29, 0.717) is 5.69 Å². The van der Waals surface area contributed by atoms with E-state index >= 15 is 0 Å². The maximum atomic E-state index is 8.93. The number of likely N-dealkylation sites (tertiary alicyclic amines) is 1. The van der Waals surface area contributed by atoms with Crippen LogP contribution in [0.15, 0.2) is 12.1 Å². The van der Waals surface area contributed by atoms with Crippen molar-refractivity contribution in [3.8, 4) is 0 Å². The summed E-state index contributed by atoms with van der Waals surface area (Å²) in [5.74, 6) is 1.62. The molecule has 1 aromatic rings. The molecule has 0 atom stereocenters. The van der Waals surface area contributed by atoms with Crippen LogP contribution < -0.4 is 4.90 Å². The maximum Gasteiger partial charge on any atom is 0.150 e. The van der Waals surface area contributed by atoms with Crippen LogP contribution in [0.25, 0.3) is 0 Å². The molecule has 0 aromatic carbocycles. The molecule has 0 radical (unpaired) electrons. The fourth-order valence-electron chi connectivity index (χ4n) is 2.37. The van der Waals surface area contributed by atoms with Gasteiger partial charge in [0.05, 0.1) is 12.3 Å². The predicted octanol–water partition coefficient (Wildman–Crippen LogP) is 0.747. The molecule has 5 nitrogen and oxygen atoms in total.